The van der Waals surface area contributed by atoms with E-state index in [1.807, 2.05) is 27.7 Å². The summed E-state index contributed by atoms with van der Waals surface area (Å²) in [6.45, 7) is 8.42. The number of carbonyl (C=O) groups excluding carboxylic acids is 3. The molecule has 0 fully saturated rings. The smallest absolute Gasteiger partial charge is 0.455 e. The molecule has 0 spiro atoms. The maximum absolute atomic E-state index is 13.2. The van der Waals surface area contributed by atoms with E-state index in [1.54, 1.807) is 42.3 Å². The number of esters is 1. The molecule has 0 radical (unpaired) electrons. The van der Waals surface area contributed by atoms with Crippen molar-refractivity contribution in [1.29, 1.82) is 0 Å². The summed E-state index contributed by atoms with van der Waals surface area (Å²) in [6, 6.07) is 7.17. The van der Waals surface area contributed by atoms with Crippen molar-refractivity contribution in [2.24, 2.45) is 11.8 Å². The topological polar surface area (TPSA) is 135 Å². The molecule has 2 aromatic rings. The van der Waals surface area contributed by atoms with Gasteiger partial charge in [0.05, 0.1) is 0 Å². The fourth-order valence-electron chi connectivity index (χ4n) is 4.43. The van der Waals surface area contributed by atoms with Gasteiger partial charge in [0.15, 0.2) is 6.10 Å². The Hall–Kier alpha value is -3.04. The summed E-state index contributed by atoms with van der Waals surface area (Å²) < 4.78 is 69.0. The molecule has 0 unspecified atom stereocenters. The molecule has 4 atom stereocenters. The Balaban J connectivity index is 2.27. The number of aromatic nitrogens is 1. The zero-order valence-corrected chi connectivity index (χ0v) is 27.3. The van der Waals surface area contributed by atoms with Gasteiger partial charge in [-0.25, -0.2) is 18.1 Å². The number of nitrogens with zero attached hydrogens (tertiary/aromatic N) is 2. The zero-order valence-electron chi connectivity index (χ0n) is 25.7. The van der Waals surface area contributed by atoms with Gasteiger partial charge in [-0.1, -0.05) is 64.4 Å². The minimum Gasteiger partial charge on any atom is -0.455 e. The van der Waals surface area contributed by atoms with Crippen LogP contribution in [0.15, 0.2) is 35.7 Å². The summed E-state index contributed by atoms with van der Waals surface area (Å²) in [5.74, 6) is -1.16. The minimum absolute atomic E-state index is 0.000828. The number of nitrogens with one attached hydrogen (secondary N) is 2. The Morgan fingerprint density at radius 1 is 1.11 bits per heavy atom. The summed E-state index contributed by atoms with van der Waals surface area (Å²) in [5.41, 5.74) is -4.93. The Labute approximate surface area is 260 Å². The zero-order chi connectivity index (χ0) is 33.2. The van der Waals surface area contributed by atoms with Crippen molar-refractivity contribution in [2.45, 2.75) is 84.0 Å². The van der Waals surface area contributed by atoms with Gasteiger partial charge < -0.3 is 15.0 Å². The Morgan fingerprint density at radius 2 is 1.75 bits per heavy atom. The largest absolute Gasteiger partial charge is 0.511 e. The van der Waals surface area contributed by atoms with Crippen LogP contribution in [0.25, 0.3) is 0 Å². The third-order valence-electron chi connectivity index (χ3n) is 7.16. The molecule has 2 rings (SSSR count). The molecular weight excluding hydrogens is 621 g/mol. The molecule has 0 aliphatic heterocycles. The van der Waals surface area contributed by atoms with Crippen molar-refractivity contribution in [3.05, 3.63) is 52.0 Å². The lowest BCUT2D eigenvalue weighted by atomic mass is 9.95. The van der Waals surface area contributed by atoms with Gasteiger partial charge in [-0.3, -0.25) is 14.4 Å². The number of hydrogen-bond acceptors (Lipinski definition) is 8. The van der Waals surface area contributed by atoms with Gasteiger partial charge in [0.2, 0.25) is 5.91 Å². The standard InChI is InChI=1S/C29H41F3N4O6S2/c1-7-19(4)13-26(38)36(6)24(18(2)3)15-25(42-20(5)37)28-35-23(17-43-28)27(39)34-22(14-21-11-9-8-10-12-21)16-33-44(40,41)29(30,31)32/h8-12,17-19,22,24-25,33H,7,13-16H2,1-6H3,(H,34,39)/t19-,22-,24+,25+/m0/s1. The van der Waals surface area contributed by atoms with E-state index in [0.717, 1.165) is 17.8 Å². The van der Waals surface area contributed by atoms with Crippen LogP contribution in [0.3, 0.4) is 0 Å². The molecule has 246 valence electrons. The van der Waals surface area contributed by atoms with Gasteiger partial charge in [0.25, 0.3) is 5.91 Å². The van der Waals surface area contributed by atoms with Crippen LogP contribution in [0.4, 0.5) is 13.2 Å². The van der Waals surface area contributed by atoms with Crippen LogP contribution in [0, 0.1) is 11.8 Å². The molecule has 1 heterocycles. The first-order chi connectivity index (χ1) is 20.4. The van der Waals surface area contributed by atoms with Crippen molar-refractivity contribution in [2.75, 3.05) is 13.6 Å². The first kappa shape index (κ1) is 37.1. The van der Waals surface area contributed by atoms with Gasteiger partial charge >= 0.3 is 21.5 Å². The fraction of sp³-hybridized carbons (Fsp3) is 0.586. The summed E-state index contributed by atoms with van der Waals surface area (Å²) in [6.07, 6.45) is 0.618. The van der Waals surface area contributed by atoms with E-state index >= 15 is 0 Å². The van der Waals surface area contributed by atoms with Gasteiger partial charge in [-0.05, 0) is 23.8 Å². The fourth-order valence-corrected chi connectivity index (χ4v) is 5.86. The Kier molecular flexibility index (Phi) is 13.8. The van der Waals surface area contributed by atoms with Crippen LogP contribution in [0.2, 0.25) is 0 Å². The molecule has 1 aromatic heterocycles. The van der Waals surface area contributed by atoms with Gasteiger partial charge in [-0.2, -0.15) is 13.2 Å². The molecule has 15 heteroatoms. The van der Waals surface area contributed by atoms with Crippen molar-refractivity contribution < 1.29 is 40.7 Å². The maximum atomic E-state index is 13.2. The van der Waals surface area contributed by atoms with Crippen LogP contribution in [-0.2, 0) is 30.8 Å². The molecule has 1 aromatic carbocycles. The monoisotopic (exact) mass is 662 g/mol. The lowest BCUT2D eigenvalue weighted by molar-refractivity contribution is -0.148. The molecule has 2 N–H and O–H groups in total. The van der Waals surface area contributed by atoms with Crippen LogP contribution >= 0.6 is 11.3 Å². The molecule has 0 aliphatic carbocycles. The number of benzene rings is 1. The van der Waals surface area contributed by atoms with Crippen molar-refractivity contribution in [3.63, 3.8) is 0 Å². The van der Waals surface area contributed by atoms with Crippen molar-refractivity contribution in [1.82, 2.24) is 19.9 Å². The van der Waals surface area contributed by atoms with E-state index in [-0.39, 0.29) is 42.3 Å². The Bertz CT molecular complexity index is 1350. The van der Waals surface area contributed by atoms with E-state index in [4.69, 9.17) is 4.74 Å². The van der Waals surface area contributed by atoms with Crippen LogP contribution in [0.5, 0.6) is 0 Å². The molecule has 44 heavy (non-hydrogen) atoms. The van der Waals surface area contributed by atoms with E-state index in [1.165, 1.54) is 17.0 Å². The highest BCUT2D eigenvalue weighted by molar-refractivity contribution is 7.90. The summed E-state index contributed by atoms with van der Waals surface area (Å²) >= 11 is 1.06. The average Bonchev–Trinajstić information content (AvgIpc) is 3.43. The molecule has 0 bridgehead atoms. The molecule has 0 saturated carbocycles. The third-order valence-corrected chi connectivity index (χ3v) is 9.25. The van der Waals surface area contributed by atoms with E-state index in [2.05, 4.69) is 10.3 Å². The number of carbonyl (C=O) groups is 3. The summed E-state index contributed by atoms with van der Waals surface area (Å²) in [7, 11) is -3.93. The van der Waals surface area contributed by atoms with Crippen LogP contribution in [0.1, 0.15) is 81.0 Å². The number of rotatable bonds is 16. The average molecular weight is 663 g/mol. The second-order valence-electron chi connectivity index (χ2n) is 11.1. The highest BCUT2D eigenvalue weighted by Crippen LogP contribution is 2.31. The predicted octanol–water partition coefficient (Wildman–Crippen LogP) is 4.84. The SMILES string of the molecule is CC[C@H](C)CC(=O)N(C)[C@H](C[C@@H](OC(C)=O)c1nc(C(=O)N[C@H](CNS(=O)(=O)C(F)(F)F)Cc2ccccc2)cs1)C(C)C. The van der Waals surface area contributed by atoms with E-state index < -0.39 is 46.1 Å². The third kappa shape index (κ3) is 11.1. The first-order valence-corrected chi connectivity index (χ1v) is 16.6. The summed E-state index contributed by atoms with van der Waals surface area (Å²) in [4.78, 5) is 44.1. The molecular formula is C29H41F3N4O6S2. The summed E-state index contributed by atoms with van der Waals surface area (Å²) in [5, 5.41) is 4.29. The molecule has 10 nitrogen and oxygen atoms in total. The van der Waals surface area contributed by atoms with Gasteiger partial charge in [0.1, 0.15) is 10.7 Å². The number of hydrogen-bond donors (Lipinski definition) is 2. The van der Waals surface area contributed by atoms with Crippen molar-refractivity contribution >= 4 is 39.1 Å². The molecule has 2 amide bonds. The second-order valence-corrected chi connectivity index (χ2v) is 13.7. The minimum atomic E-state index is -5.64. The highest BCUT2D eigenvalue weighted by Gasteiger charge is 2.45. The number of amides is 2. The van der Waals surface area contributed by atoms with E-state index in [9.17, 15) is 36.0 Å². The first-order valence-electron chi connectivity index (χ1n) is 14.2. The number of alkyl halides is 3. The molecule has 0 saturated heterocycles. The normalized spacial score (nSPS) is 14.9. The van der Waals surface area contributed by atoms with E-state index in [0.29, 0.717) is 17.0 Å². The number of sulfonamides is 1. The lowest BCUT2D eigenvalue weighted by Gasteiger charge is -2.34. The quantitative estimate of drug-likeness (QED) is 0.246. The number of thiazole rings is 1. The second kappa shape index (κ2) is 16.3. The number of ether oxygens (including phenoxy) is 1. The van der Waals surface area contributed by atoms with Gasteiger partial charge in [-0.15, -0.1) is 11.3 Å². The maximum Gasteiger partial charge on any atom is 0.511 e. The van der Waals surface area contributed by atoms with Crippen LogP contribution in [-0.4, -0.2) is 67.3 Å². The predicted molar refractivity (Wildman–Crippen MR) is 161 cm³/mol. The molecule has 0 aliphatic rings. The number of halogens is 3. The van der Waals surface area contributed by atoms with Crippen molar-refractivity contribution in [3.8, 4) is 0 Å². The van der Waals surface area contributed by atoms with Crippen LogP contribution < -0.4 is 10.0 Å². The lowest BCUT2D eigenvalue weighted by Crippen LogP contribution is -2.47. The Morgan fingerprint density at radius 3 is 2.30 bits per heavy atom. The van der Waals surface area contributed by atoms with Gasteiger partial charge in [0, 0.05) is 50.8 Å². The highest BCUT2D eigenvalue weighted by atomic mass is 32.2.